The molecule has 0 heterocycles. The average molecular weight is 251 g/mol. The summed E-state index contributed by atoms with van der Waals surface area (Å²) < 4.78 is 13.5. The summed E-state index contributed by atoms with van der Waals surface area (Å²) in [4.78, 5) is 13.9. The molecule has 2 rings (SSSR count). The molecule has 1 aromatic rings. The van der Waals surface area contributed by atoms with Crippen LogP contribution >= 0.6 is 0 Å². The maximum Gasteiger partial charge on any atom is 0.255 e. The number of nitrogens with zero attached hydrogens (tertiary/aromatic N) is 1. The van der Waals surface area contributed by atoms with Gasteiger partial charge in [0.1, 0.15) is 5.82 Å². The molecule has 0 atom stereocenters. The lowest BCUT2D eigenvalue weighted by Crippen LogP contribution is -2.35. The Hall–Kier alpha value is -1.62. The van der Waals surface area contributed by atoms with Crippen molar-refractivity contribution < 1.29 is 9.18 Å². The van der Waals surface area contributed by atoms with Gasteiger partial charge in [-0.15, -0.1) is 0 Å². The fourth-order valence-electron chi connectivity index (χ4n) is 2.20. The molecule has 1 amide bonds. The third kappa shape index (κ3) is 2.46. The summed E-state index contributed by atoms with van der Waals surface area (Å²) in [6, 6.07) is 4.37. The Kier molecular flexibility index (Phi) is 3.81. The van der Waals surface area contributed by atoms with E-state index in [0.29, 0.717) is 5.92 Å². The number of rotatable bonds is 4. The number of nitrogen functional groups attached to an aromatic ring is 1. The molecule has 1 saturated carbocycles. The topological polar surface area (TPSA) is 58.4 Å². The summed E-state index contributed by atoms with van der Waals surface area (Å²) in [5.41, 5.74) is 2.59. The van der Waals surface area contributed by atoms with Gasteiger partial charge in [0.15, 0.2) is 0 Å². The number of nitrogens with one attached hydrogen (secondary N) is 1. The number of benzene rings is 1. The molecule has 1 fully saturated rings. The van der Waals surface area contributed by atoms with Crippen LogP contribution in [0.25, 0.3) is 0 Å². The number of anilines is 1. The molecular weight excluding hydrogens is 233 g/mol. The van der Waals surface area contributed by atoms with Gasteiger partial charge in [-0.2, -0.15) is 0 Å². The number of carbonyl (C=O) groups excluding carboxylic acids is 1. The Labute approximate surface area is 106 Å². The standard InChI is InChI=1S/C13H18FN3O/c1-17(8-9-4-2-5-9)13(18)10-6-3-7-11(14)12(10)16-15/h3,6-7,9,16H,2,4-5,8,15H2,1H3. The summed E-state index contributed by atoms with van der Waals surface area (Å²) in [5.74, 6) is 5.14. The lowest BCUT2D eigenvalue weighted by atomic mass is 9.85. The Balaban J connectivity index is 2.14. The second kappa shape index (κ2) is 5.35. The Bertz CT molecular complexity index is 446. The van der Waals surface area contributed by atoms with E-state index in [4.69, 9.17) is 5.84 Å². The zero-order chi connectivity index (χ0) is 13.1. The minimum Gasteiger partial charge on any atom is -0.341 e. The highest BCUT2D eigenvalue weighted by molar-refractivity contribution is 5.99. The summed E-state index contributed by atoms with van der Waals surface area (Å²) in [6.45, 7) is 0.722. The quantitative estimate of drug-likeness (QED) is 0.635. The normalized spacial score (nSPS) is 15.1. The van der Waals surface area contributed by atoms with Gasteiger partial charge in [0, 0.05) is 13.6 Å². The van der Waals surface area contributed by atoms with E-state index in [0.717, 1.165) is 6.54 Å². The van der Waals surface area contributed by atoms with Crippen molar-refractivity contribution in [1.82, 2.24) is 4.90 Å². The van der Waals surface area contributed by atoms with Crippen molar-refractivity contribution in [2.24, 2.45) is 11.8 Å². The third-order valence-corrected chi connectivity index (χ3v) is 3.49. The molecule has 0 bridgehead atoms. The summed E-state index contributed by atoms with van der Waals surface area (Å²) >= 11 is 0. The predicted octanol–water partition coefficient (Wildman–Crippen LogP) is 1.98. The first-order valence-electron chi connectivity index (χ1n) is 6.14. The number of hydrazine groups is 1. The van der Waals surface area contributed by atoms with Crippen molar-refractivity contribution >= 4 is 11.6 Å². The minimum atomic E-state index is -0.514. The van der Waals surface area contributed by atoms with E-state index in [1.165, 1.54) is 31.4 Å². The molecular formula is C13H18FN3O. The molecule has 1 aliphatic carbocycles. The molecule has 0 aromatic heterocycles. The van der Waals surface area contributed by atoms with Crippen LogP contribution in [0.2, 0.25) is 0 Å². The molecule has 98 valence electrons. The van der Waals surface area contributed by atoms with Crippen LogP contribution in [-0.2, 0) is 0 Å². The first-order valence-corrected chi connectivity index (χ1v) is 6.14. The van der Waals surface area contributed by atoms with Crippen molar-refractivity contribution in [1.29, 1.82) is 0 Å². The maximum atomic E-state index is 13.5. The highest BCUT2D eigenvalue weighted by Crippen LogP contribution is 2.28. The van der Waals surface area contributed by atoms with Crippen LogP contribution in [0, 0.1) is 11.7 Å². The molecule has 3 N–H and O–H groups in total. The van der Waals surface area contributed by atoms with E-state index in [-0.39, 0.29) is 17.2 Å². The van der Waals surface area contributed by atoms with Gasteiger partial charge in [-0.3, -0.25) is 10.6 Å². The summed E-state index contributed by atoms with van der Waals surface area (Å²) in [6.07, 6.45) is 3.58. The Morgan fingerprint density at radius 3 is 2.83 bits per heavy atom. The molecule has 1 aliphatic rings. The fraction of sp³-hybridized carbons (Fsp3) is 0.462. The molecule has 0 unspecified atom stereocenters. The first-order chi connectivity index (χ1) is 8.63. The van der Waals surface area contributed by atoms with Gasteiger partial charge >= 0.3 is 0 Å². The molecule has 1 aromatic carbocycles. The highest BCUT2D eigenvalue weighted by atomic mass is 19.1. The van der Waals surface area contributed by atoms with Crippen LogP contribution in [0.15, 0.2) is 18.2 Å². The number of carbonyl (C=O) groups is 1. The van der Waals surface area contributed by atoms with E-state index in [9.17, 15) is 9.18 Å². The van der Waals surface area contributed by atoms with Gasteiger partial charge in [0.2, 0.25) is 0 Å². The second-order valence-electron chi connectivity index (χ2n) is 4.79. The first kappa shape index (κ1) is 12.8. The lowest BCUT2D eigenvalue weighted by Gasteiger charge is -2.30. The number of nitrogens with two attached hydrogens (primary N) is 1. The average Bonchev–Trinajstić information content (AvgIpc) is 2.32. The summed E-state index contributed by atoms with van der Waals surface area (Å²) in [7, 11) is 1.74. The molecule has 0 aliphatic heterocycles. The molecule has 0 saturated heterocycles. The Morgan fingerprint density at radius 1 is 1.56 bits per heavy atom. The predicted molar refractivity (Wildman–Crippen MR) is 68.5 cm³/mol. The monoisotopic (exact) mass is 251 g/mol. The molecule has 0 radical (unpaired) electrons. The van der Waals surface area contributed by atoms with E-state index >= 15 is 0 Å². The smallest absolute Gasteiger partial charge is 0.255 e. The zero-order valence-corrected chi connectivity index (χ0v) is 10.4. The lowest BCUT2D eigenvalue weighted by molar-refractivity contribution is 0.0745. The van der Waals surface area contributed by atoms with Gasteiger partial charge in [-0.25, -0.2) is 4.39 Å². The molecule has 4 nitrogen and oxygen atoms in total. The molecule has 5 heteroatoms. The van der Waals surface area contributed by atoms with Crippen LogP contribution in [0.5, 0.6) is 0 Å². The maximum absolute atomic E-state index is 13.5. The van der Waals surface area contributed by atoms with E-state index in [2.05, 4.69) is 5.43 Å². The third-order valence-electron chi connectivity index (χ3n) is 3.49. The van der Waals surface area contributed by atoms with Crippen LogP contribution < -0.4 is 11.3 Å². The highest BCUT2D eigenvalue weighted by Gasteiger charge is 2.23. The number of hydrogen-bond donors (Lipinski definition) is 2. The number of para-hydroxylation sites is 1. The largest absolute Gasteiger partial charge is 0.341 e. The van der Waals surface area contributed by atoms with Gasteiger partial charge < -0.3 is 10.3 Å². The van der Waals surface area contributed by atoms with Gasteiger partial charge in [0.25, 0.3) is 5.91 Å². The van der Waals surface area contributed by atoms with Crippen molar-refractivity contribution in [3.63, 3.8) is 0 Å². The van der Waals surface area contributed by atoms with Crippen molar-refractivity contribution in [3.8, 4) is 0 Å². The van der Waals surface area contributed by atoms with Crippen LogP contribution in [0.1, 0.15) is 29.6 Å². The molecule has 18 heavy (non-hydrogen) atoms. The summed E-state index contributed by atoms with van der Waals surface area (Å²) in [5, 5.41) is 0. The second-order valence-corrected chi connectivity index (χ2v) is 4.79. The fourth-order valence-corrected chi connectivity index (χ4v) is 2.20. The van der Waals surface area contributed by atoms with E-state index in [1.54, 1.807) is 18.0 Å². The zero-order valence-electron chi connectivity index (χ0n) is 10.4. The van der Waals surface area contributed by atoms with Gasteiger partial charge in [0.05, 0.1) is 11.3 Å². The minimum absolute atomic E-state index is 0.0583. The van der Waals surface area contributed by atoms with Crippen molar-refractivity contribution in [3.05, 3.63) is 29.6 Å². The number of amides is 1. The SMILES string of the molecule is CN(CC1CCC1)C(=O)c1cccc(F)c1NN. The van der Waals surface area contributed by atoms with Gasteiger partial charge in [-0.1, -0.05) is 12.5 Å². The van der Waals surface area contributed by atoms with Crippen LogP contribution in [0.4, 0.5) is 10.1 Å². The Morgan fingerprint density at radius 2 is 2.28 bits per heavy atom. The van der Waals surface area contributed by atoms with E-state index < -0.39 is 5.82 Å². The van der Waals surface area contributed by atoms with E-state index in [1.807, 2.05) is 0 Å². The van der Waals surface area contributed by atoms with Gasteiger partial charge in [-0.05, 0) is 30.9 Å². The molecule has 0 spiro atoms. The number of halogens is 1. The van der Waals surface area contributed by atoms with Crippen molar-refractivity contribution in [2.45, 2.75) is 19.3 Å². The van der Waals surface area contributed by atoms with Crippen molar-refractivity contribution in [2.75, 3.05) is 19.0 Å². The van der Waals surface area contributed by atoms with Crippen LogP contribution in [0.3, 0.4) is 0 Å². The number of hydrogen-bond acceptors (Lipinski definition) is 3. The van der Waals surface area contributed by atoms with Crippen LogP contribution in [-0.4, -0.2) is 24.4 Å².